The summed E-state index contributed by atoms with van der Waals surface area (Å²) in [6.07, 6.45) is 0.720. The molecule has 2 aliphatic heterocycles. The molecule has 0 saturated heterocycles. The first-order valence-corrected chi connectivity index (χ1v) is 11.1. The highest BCUT2D eigenvalue weighted by atomic mass is 35.5. The van der Waals surface area contributed by atoms with Gasteiger partial charge in [0.15, 0.2) is 6.61 Å². The molecule has 1 atom stereocenters. The Bertz CT molecular complexity index is 1150. The van der Waals surface area contributed by atoms with Crippen molar-refractivity contribution in [1.29, 1.82) is 0 Å². The maximum absolute atomic E-state index is 13.1. The van der Waals surface area contributed by atoms with Gasteiger partial charge in [0.1, 0.15) is 10.6 Å². The van der Waals surface area contributed by atoms with Gasteiger partial charge in [0.25, 0.3) is 5.91 Å². The highest BCUT2D eigenvalue weighted by Crippen LogP contribution is 2.37. The third kappa shape index (κ3) is 3.53. The number of halogens is 1. The largest absolute Gasteiger partial charge is 0.482 e. The van der Waals surface area contributed by atoms with Gasteiger partial charge in [0.2, 0.25) is 15.9 Å². The van der Waals surface area contributed by atoms with Crippen molar-refractivity contribution in [2.75, 3.05) is 30.4 Å². The van der Waals surface area contributed by atoms with Gasteiger partial charge in [-0.15, -0.1) is 0 Å². The fraction of sp³-hybridized carbons (Fsp3) is 0.300. The number of ether oxygens (including phenoxy) is 1. The van der Waals surface area contributed by atoms with Crippen LogP contribution in [-0.4, -0.2) is 50.8 Å². The molecular weight excluding hydrogens is 430 g/mol. The zero-order chi connectivity index (χ0) is 21.6. The van der Waals surface area contributed by atoms with Crippen molar-refractivity contribution in [3.05, 3.63) is 47.0 Å². The number of hydrogen-bond acceptors (Lipinski definition) is 5. The summed E-state index contributed by atoms with van der Waals surface area (Å²) in [5.74, 6) is -0.465. The summed E-state index contributed by atoms with van der Waals surface area (Å²) in [5, 5.41) is 2.50. The molecule has 30 heavy (non-hydrogen) atoms. The fourth-order valence-corrected chi connectivity index (χ4v) is 5.38. The van der Waals surface area contributed by atoms with Gasteiger partial charge in [-0.2, -0.15) is 4.31 Å². The number of amides is 2. The zero-order valence-electron chi connectivity index (χ0n) is 16.4. The molecule has 2 heterocycles. The number of rotatable bonds is 4. The van der Waals surface area contributed by atoms with E-state index in [9.17, 15) is 18.0 Å². The molecule has 0 aromatic heterocycles. The number of para-hydroxylation sites is 1. The molecule has 2 aromatic rings. The third-order valence-corrected chi connectivity index (χ3v) is 7.46. The minimum absolute atomic E-state index is 0.0599. The molecule has 1 N–H and O–H groups in total. The molecule has 0 saturated carbocycles. The van der Waals surface area contributed by atoms with E-state index in [0.717, 1.165) is 22.0 Å². The average molecular weight is 450 g/mol. The van der Waals surface area contributed by atoms with Crippen LogP contribution in [0, 0.1) is 0 Å². The molecule has 0 aliphatic carbocycles. The number of sulfonamides is 1. The van der Waals surface area contributed by atoms with Crippen LogP contribution in [0.15, 0.2) is 41.3 Å². The summed E-state index contributed by atoms with van der Waals surface area (Å²) in [6.45, 7) is 1.37. The van der Waals surface area contributed by atoms with Gasteiger partial charge in [-0.3, -0.25) is 9.59 Å². The van der Waals surface area contributed by atoms with Crippen LogP contribution in [0.5, 0.6) is 5.75 Å². The monoisotopic (exact) mass is 449 g/mol. The van der Waals surface area contributed by atoms with E-state index in [2.05, 4.69) is 5.32 Å². The standard InChI is InChI=1S/C20H20ClN3O5S/c1-12-7-13-5-3-4-6-16(13)24(12)20(26)10-23(2)30(27,28)18-9-17-15(8-14(18)21)22-19(25)11-29-17/h3-6,8-9,12H,7,10-11H2,1-2H3,(H,22,25)/t12-/m1/s1. The smallest absolute Gasteiger partial charge is 0.262 e. The Kier molecular flexibility index (Phi) is 5.21. The van der Waals surface area contributed by atoms with Crippen LogP contribution in [0.2, 0.25) is 5.02 Å². The van der Waals surface area contributed by atoms with Gasteiger partial charge in [-0.25, -0.2) is 8.42 Å². The van der Waals surface area contributed by atoms with Crippen LogP contribution in [-0.2, 0) is 26.0 Å². The Labute approximate surface area is 179 Å². The normalized spacial score (nSPS) is 17.9. The van der Waals surface area contributed by atoms with Crippen LogP contribution in [0.25, 0.3) is 0 Å². The van der Waals surface area contributed by atoms with Crippen LogP contribution in [0.3, 0.4) is 0 Å². The maximum Gasteiger partial charge on any atom is 0.262 e. The minimum Gasteiger partial charge on any atom is -0.482 e. The first-order chi connectivity index (χ1) is 14.2. The number of hydrogen-bond donors (Lipinski definition) is 1. The number of fused-ring (bicyclic) bond motifs is 2. The molecule has 4 rings (SSSR count). The molecule has 0 fully saturated rings. The quantitative estimate of drug-likeness (QED) is 0.772. The lowest BCUT2D eigenvalue weighted by molar-refractivity contribution is -0.119. The maximum atomic E-state index is 13.1. The number of nitrogens with one attached hydrogen (secondary N) is 1. The van der Waals surface area contributed by atoms with Crippen molar-refractivity contribution >= 4 is 44.8 Å². The lowest BCUT2D eigenvalue weighted by atomic mass is 10.1. The van der Waals surface area contributed by atoms with Crippen LogP contribution in [0.4, 0.5) is 11.4 Å². The average Bonchev–Trinajstić information content (AvgIpc) is 3.02. The fourth-order valence-electron chi connectivity index (χ4n) is 3.74. The first kappa shape index (κ1) is 20.6. The van der Waals surface area contributed by atoms with E-state index in [4.69, 9.17) is 16.3 Å². The van der Waals surface area contributed by atoms with Gasteiger partial charge in [-0.05, 0) is 31.0 Å². The number of likely N-dealkylation sites (N-methyl/N-ethyl adjacent to an activating group) is 1. The molecule has 0 bridgehead atoms. The number of carbonyl (C=O) groups excluding carboxylic acids is 2. The summed E-state index contributed by atoms with van der Waals surface area (Å²) in [6, 6.07) is 10.1. The van der Waals surface area contributed by atoms with E-state index < -0.39 is 10.0 Å². The lowest BCUT2D eigenvalue weighted by Gasteiger charge is -2.26. The zero-order valence-corrected chi connectivity index (χ0v) is 18.0. The summed E-state index contributed by atoms with van der Waals surface area (Å²) in [7, 11) is -2.74. The number of benzene rings is 2. The Balaban J connectivity index is 1.58. The van der Waals surface area contributed by atoms with E-state index in [1.54, 1.807) is 4.90 Å². The molecule has 8 nitrogen and oxygen atoms in total. The highest BCUT2D eigenvalue weighted by molar-refractivity contribution is 7.89. The van der Waals surface area contributed by atoms with Crippen molar-refractivity contribution in [2.45, 2.75) is 24.3 Å². The summed E-state index contributed by atoms with van der Waals surface area (Å²) in [5.41, 5.74) is 2.16. The Morgan fingerprint density at radius 1 is 1.33 bits per heavy atom. The van der Waals surface area contributed by atoms with E-state index >= 15 is 0 Å². The Morgan fingerprint density at radius 2 is 2.07 bits per heavy atom. The molecule has 2 aromatic carbocycles. The van der Waals surface area contributed by atoms with Crippen molar-refractivity contribution in [2.24, 2.45) is 0 Å². The van der Waals surface area contributed by atoms with Crippen molar-refractivity contribution in [3.8, 4) is 5.75 Å². The number of carbonyl (C=O) groups is 2. The van der Waals surface area contributed by atoms with Gasteiger partial charge < -0.3 is 15.0 Å². The van der Waals surface area contributed by atoms with Gasteiger partial charge in [0, 0.05) is 24.8 Å². The molecule has 0 spiro atoms. The SMILES string of the molecule is C[C@@H]1Cc2ccccc2N1C(=O)CN(C)S(=O)(=O)c1cc2c(cc1Cl)NC(=O)CO2. The van der Waals surface area contributed by atoms with Crippen molar-refractivity contribution < 1.29 is 22.7 Å². The molecule has 0 unspecified atom stereocenters. The van der Waals surface area contributed by atoms with Crippen LogP contribution < -0.4 is 15.0 Å². The number of nitrogens with zero attached hydrogens (tertiary/aromatic N) is 2. The van der Waals surface area contributed by atoms with Crippen molar-refractivity contribution in [3.63, 3.8) is 0 Å². The molecule has 2 amide bonds. The molecule has 0 radical (unpaired) electrons. The Hall–Kier alpha value is -2.62. The first-order valence-electron chi connectivity index (χ1n) is 9.31. The van der Waals surface area contributed by atoms with E-state index in [-0.39, 0.29) is 46.7 Å². The highest BCUT2D eigenvalue weighted by Gasteiger charge is 2.34. The molecule has 158 valence electrons. The second-order valence-electron chi connectivity index (χ2n) is 7.32. The second-order valence-corrected chi connectivity index (χ2v) is 9.74. The van der Waals surface area contributed by atoms with E-state index in [0.29, 0.717) is 5.69 Å². The molecule has 10 heteroatoms. The minimum atomic E-state index is -4.07. The molecule has 2 aliphatic rings. The summed E-state index contributed by atoms with van der Waals surface area (Å²) >= 11 is 6.18. The van der Waals surface area contributed by atoms with E-state index in [1.165, 1.54) is 19.2 Å². The van der Waals surface area contributed by atoms with Crippen molar-refractivity contribution in [1.82, 2.24) is 4.31 Å². The summed E-state index contributed by atoms with van der Waals surface area (Å²) < 4.78 is 32.5. The second kappa shape index (κ2) is 7.57. The van der Waals surface area contributed by atoms with Crippen LogP contribution in [0.1, 0.15) is 12.5 Å². The number of anilines is 2. The third-order valence-electron chi connectivity index (χ3n) is 5.19. The topological polar surface area (TPSA) is 96.0 Å². The van der Waals surface area contributed by atoms with E-state index in [1.807, 2.05) is 31.2 Å². The Morgan fingerprint density at radius 3 is 2.83 bits per heavy atom. The van der Waals surface area contributed by atoms with Gasteiger partial charge in [0.05, 0.1) is 17.3 Å². The predicted octanol–water partition coefficient (Wildman–Crippen LogP) is 2.27. The lowest BCUT2D eigenvalue weighted by Crippen LogP contribution is -2.43. The molecular formula is C20H20ClN3O5S. The summed E-state index contributed by atoms with van der Waals surface area (Å²) in [4.78, 5) is 25.9. The predicted molar refractivity (Wildman–Crippen MR) is 112 cm³/mol. The van der Waals surface area contributed by atoms with Gasteiger partial charge in [-0.1, -0.05) is 29.8 Å². The van der Waals surface area contributed by atoms with Crippen LogP contribution >= 0.6 is 11.6 Å². The van der Waals surface area contributed by atoms with Gasteiger partial charge >= 0.3 is 0 Å².